The van der Waals surface area contributed by atoms with E-state index >= 15 is 0 Å². The number of halogens is 2. The minimum absolute atomic E-state index is 0.0804. The number of hydrogen-bond donors (Lipinski definition) is 1. The Kier molecular flexibility index (Phi) is 7.73. The molecule has 0 saturated carbocycles. The van der Waals surface area contributed by atoms with Gasteiger partial charge in [0.15, 0.2) is 12.4 Å². The third-order valence-electron chi connectivity index (χ3n) is 5.15. The molecule has 1 aliphatic rings. The van der Waals surface area contributed by atoms with Gasteiger partial charge in [-0.2, -0.15) is 4.31 Å². The Bertz CT molecular complexity index is 1330. The molecular weight excluding hydrogens is 594 g/mol. The summed E-state index contributed by atoms with van der Waals surface area (Å²) >= 11 is 6.95. The molecule has 12 heteroatoms. The number of carbonyl (C=O) groups is 1. The molecule has 0 atom stereocenters. The minimum atomic E-state index is -3.70. The highest BCUT2D eigenvalue weighted by molar-refractivity contribution is 9.11. The van der Waals surface area contributed by atoms with E-state index in [0.717, 1.165) is 9.86 Å². The number of nitrogens with one attached hydrogen (secondary N) is 1. The molecule has 1 saturated heterocycles. The zero-order chi connectivity index (χ0) is 24.3. The summed E-state index contributed by atoms with van der Waals surface area (Å²) in [6.45, 7) is 0.988. The Morgan fingerprint density at radius 1 is 1.18 bits per heavy atom. The lowest BCUT2D eigenvalue weighted by Gasteiger charge is -2.26. The lowest BCUT2D eigenvalue weighted by molar-refractivity contribution is -0.118. The number of sulfonamides is 1. The quantitative estimate of drug-likeness (QED) is 0.431. The van der Waals surface area contributed by atoms with Crippen LogP contribution in [0.5, 0.6) is 11.5 Å². The van der Waals surface area contributed by atoms with E-state index < -0.39 is 15.9 Å². The molecule has 4 rings (SSSR count). The lowest BCUT2D eigenvalue weighted by Crippen LogP contribution is -2.40. The zero-order valence-electron chi connectivity index (χ0n) is 18.1. The molecule has 2 aromatic carbocycles. The van der Waals surface area contributed by atoms with Crippen molar-refractivity contribution in [2.45, 2.75) is 4.90 Å². The van der Waals surface area contributed by atoms with Gasteiger partial charge in [0.2, 0.25) is 10.0 Å². The van der Waals surface area contributed by atoms with Crippen molar-refractivity contribution in [3.8, 4) is 11.5 Å². The number of pyridine rings is 1. The van der Waals surface area contributed by atoms with Gasteiger partial charge in [0.05, 0.1) is 35.4 Å². The van der Waals surface area contributed by atoms with Crippen LogP contribution in [0.25, 0.3) is 10.9 Å². The molecule has 1 aromatic heterocycles. The Morgan fingerprint density at radius 3 is 2.68 bits per heavy atom. The van der Waals surface area contributed by atoms with Gasteiger partial charge in [-0.3, -0.25) is 9.78 Å². The van der Waals surface area contributed by atoms with Gasteiger partial charge >= 0.3 is 0 Å². The highest BCUT2D eigenvalue weighted by atomic mass is 79.9. The Labute approximate surface area is 213 Å². The summed E-state index contributed by atoms with van der Waals surface area (Å²) in [4.78, 5) is 17.1. The van der Waals surface area contributed by atoms with Gasteiger partial charge in [0, 0.05) is 35.2 Å². The number of carbonyl (C=O) groups excluding carboxylic acids is 1. The number of aromatic nitrogens is 1. The van der Waals surface area contributed by atoms with E-state index in [9.17, 15) is 13.2 Å². The normalized spacial score (nSPS) is 14.7. The van der Waals surface area contributed by atoms with Gasteiger partial charge in [-0.15, -0.1) is 0 Å². The third kappa shape index (κ3) is 5.20. The molecule has 0 unspecified atom stereocenters. The summed E-state index contributed by atoms with van der Waals surface area (Å²) in [6, 6.07) is 9.86. The van der Waals surface area contributed by atoms with E-state index in [1.807, 2.05) is 18.2 Å². The van der Waals surface area contributed by atoms with Crippen molar-refractivity contribution < 1.29 is 27.4 Å². The summed E-state index contributed by atoms with van der Waals surface area (Å²) in [5, 5.41) is 3.55. The number of nitrogens with zero attached hydrogens (tertiary/aromatic N) is 2. The Hall–Kier alpha value is -2.25. The standard InChI is InChI=1S/C22H21Br2N3O6S/c1-31-19-11-14(34(29,30)27-7-9-32-10-8-27)4-5-18(19)26-20(28)13-33-22-17(24)12-16(23)15-3-2-6-25-21(15)22/h2-6,11-12H,7-10,13H2,1H3,(H,26,28). The van der Waals surface area contributed by atoms with E-state index in [-0.39, 0.29) is 30.3 Å². The van der Waals surface area contributed by atoms with Crippen LogP contribution in [0.15, 0.2) is 56.4 Å². The maximum Gasteiger partial charge on any atom is 0.262 e. The number of hydrogen-bond acceptors (Lipinski definition) is 7. The molecule has 34 heavy (non-hydrogen) atoms. The summed E-state index contributed by atoms with van der Waals surface area (Å²) in [6.07, 6.45) is 1.64. The molecule has 1 amide bonds. The molecule has 1 N–H and O–H groups in total. The first kappa shape index (κ1) is 24.9. The molecule has 0 bridgehead atoms. The van der Waals surface area contributed by atoms with Crippen molar-refractivity contribution >= 4 is 64.4 Å². The van der Waals surface area contributed by atoms with Crippen LogP contribution in [-0.4, -0.2) is 63.6 Å². The largest absolute Gasteiger partial charge is 0.495 e. The number of amides is 1. The molecule has 1 fully saturated rings. The van der Waals surface area contributed by atoms with Crippen LogP contribution >= 0.6 is 31.9 Å². The predicted molar refractivity (Wildman–Crippen MR) is 134 cm³/mol. The average Bonchev–Trinajstić information content (AvgIpc) is 2.84. The fourth-order valence-corrected chi connectivity index (χ4v) is 6.29. The van der Waals surface area contributed by atoms with E-state index in [2.05, 4.69) is 42.2 Å². The number of ether oxygens (including phenoxy) is 3. The molecule has 180 valence electrons. The van der Waals surface area contributed by atoms with Crippen LogP contribution in [-0.2, 0) is 19.6 Å². The SMILES string of the molecule is COc1cc(S(=O)(=O)N2CCOCC2)ccc1NC(=O)COc1c(Br)cc(Br)c2cccnc12. The van der Waals surface area contributed by atoms with Crippen LogP contribution in [0.4, 0.5) is 5.69 Å². The summed E-state index contributed by atoms with van der Waals surface area (Å²) in [7, 11) is -2.29. The highest BCUT2D eigenvalue weighted by Gasteiger charge is 2.27. The lowest BCUT2D eigenvalue weighted by atomic mass is 10.2. The molecule has 9 nitrogen and oxygen atoms in total. The second-order valence-corrected chi connectivity index (χ2v) is 10.9. The fourth-order valence-electron chi connectivity index (χ4n) is 3.48. The van der Waals surface area contributed by atoms with Gasteiger partial charge in [-0.25, -0.2) is 8.42 Å². The van der Waals surface area contributed by atoms with Crippen LogP contribution in [0, 0.1) is 0 Å². The van der Waals surface area contributed by atoms with Crippen LogP contribution in [0.3, 0.4) is 0 Å². The first-order chi connectivity index (χ1) is 16.3. The summed E-state index contributed by atoms with van der Waals surface area (Å²) in [5.74, 6) is 0.216. The molecule has 0 radical (unpaired) electrons. The topological polar surface area (TPSA) is 107 Å². The van der Waals surface area contributed by atoms with Crippen molar-refractivity contribution in [2.24, 2.45) is 0 Å². The number of benzene rings is 2. The van der Waals surface area contributed by atoms with E-state index in [1.54, 1.807) is 6.20 Å². The number of rotatable bonds is 7. The molecular formula is C22H21Br2N3O6S. The Balaban J connectivity index is 1.49. The summed E-state index contributed by atoms with van der Waals surface area (Å²) < 4.78 is 45.0. The second-order valence-electron chi connectivity index (χ2n) is 7.28. The maximum atomic E-state index is 12.9. The summed E-state index contributed by atoms with van der Waals surface area (Å²) in [5.41, 5.74) is 0.932. The highest BCUT2D eigenvalue weighted by Crippen LogP contribution is 2.37. The van der Waals surface area contributed by atoms with E-state index in [1.165, 1.54) is 29.6 Å². The van der Waals surface area contributed by atoms with Crippen molar-refractivity contribution in [1.82, 2.24) is 9.29 Å². The first-order valence-electron chi connectivity index (χ1n) is 10.2. The van der Waals surface area contributed by atoms with Gasteiger partial charge in [-0.1, -0.05) is 22.0 Å². The number of morpholine rings is 1. The van der Waals surface area contributed by atoms with Gasteiger partial charge in [0.1, 0.15) is 11.3 Å². The van der Waals surface area contributed by atoms with Crippen LogP contribution in [0.2, 0.25) is 0 Å². The van der Waals surface area contributed by atoms with Gasteiger partial charge in [0.25, 0.3) is 5.91 Å². The van der Waals surface area contributed by atoms with Crippen LogP contribution in [0.1, 0.15) is 0 Å². The second kappa shape index (κ2) is 10.6. The molecule has 0 aliphatic carbocycles. The number of methoxy groups -OCH3 is 1. The smallest absolute Gasteiger partial charge is 0.262 e. The number of anilines is 1. The monoisotopic (exact) mass is 613 g/mol. The fraction of sp³-hybridized carbons (Fsp3) is 0.273. The van der Waals surface area contributed by atoms with Crippen molar-refractivity contribution in [1.29, 1.82) is 0 Å². The number of fused-ring (bicyclic) bond motifs is 1. The maximum absolute atomic E-state index is 12.9. The first-order valence-corrected chi connectivity index (χ1v) is 13.2. The van der Waals surface area contributed by atoms with E-state index in [0.29, 0.717) is 34.6 Å². The predicted octanol–water partition coefficient (Wildman–Crippen LogP) is 3.81. The van der Waals surface area contributed by atoms with Crippen molar-refractivity contribution in [3.63, 3.8) is 0 Å². The molecule has 2 heterocycles. The molecule has 3 aromatic rings. The van der Waals surface area contributed by atoms with Crippen molar-refractivity contribution in [3.05, 3.63) is 51.5 Å². The van der Waals surface area contributed by atoms with E-state index in [4.69, 9.17) is 14.2 Å². The zero-order valence-corrected chi connectivity index (χ0v) is 22.1. The van der Waals surface area contributed by atoms with Gasteiger partial charge in [-0.05, 0) is 40.2 Å². The average molecular weight is 615 g/mol. The van der Waals surface area contributed by atoms with Crippen LogP contribution < -0.4 is 14.8 Å². The molecule has 1 aliphatic heterocycles. The van der Waals surface area contributed by atoms with Gasteiger partial charge < -0.3 is 19.5 Å². The van der Waals surface area contributed by atoms with Crippen molar-refractivity contribution in [2.75, 3.05) is 45.3 Å². The Morgan fingerprint density at radius 2 is 1.94 bits per heavy atom. The third-order valence-corrected chi connectivity index (χ3v) is 8.29. The molecule has 0 spiro atoms. The minimum Gasteiger partial charge on any atom is -0.495 e.